The minimum Gasteiger partial charge on any atom is -0.453 e. The molecular formula is C50H63N9O6. The first-order valence-electron chi connectivity index (χ1n) is 22.8. The van der Waals surface area contributed by atoms with Gasteiger partial charge in [-0.3, -0.25) is 20.2 Å². The first-order chi connectivity index (χ1) is 31.1. The molecule has 4 aliphatic heterocycles. The lowest BCUT2D eigenvalue weighted by molar-refractivity contribution is -0.129. The van der Waals surface area contributed by atoms with Gasteiger partial charge in [0.2, 0.25) is 0 Å². The molecule has 4 aromatic rings. The van der Waals surface area contributed by atoms with Gasteiger partial charge in [-0.1, -0.05) is 45.0 Å². The van der Waals surface area contributed by atoms with E-state index in [0.29, 0.717) is 24.2 Å². The van der Waals surface area contributed by atoms with Crippen LogP contribution in [0.3, 0.4) is 0 Å². The van der Waals surface area contributed by atoms with Crippen molar-refractivity contribution in [1.82, 2.24) is 30.4 Å². The molecule has 3 aromatic carbocycles. The smallest absolute Gasteiger partial charge is 0.411 e. The standard InChI is InChI=1S/C50H63N9O6/c1-28(2)42(55-48(62)64-8)46(60)57-24-10-12-40(57)44-51-34-20-14-30(26-36(34)53-44)38-22-23-39(59(38)33-18-16-32(17-19-33)50(5,6)7)31-15-21-35-37(27-31)54-45(52-35)41-13-11-25-58(41)47(61)43(29(3)4)56-49(63)65-9/h14-21,26-27,38-41,44,51,53H,10-13,22-25H2,1-9H3,(H,52,54)(H,55,62)(H,56,63)/t38-,39-,40-,41-,44?/m0/s1. The molecule has 8 rings (SSSR count). The number of H-pyrrole nitrogens is 1. The zero-order valence-electron chi connectivity index (χ0n) is 39.1. The van der Waals surface area contributed by atoms with Crippen LogP contribution in [0.25, 0.3) is 11.0 Å². The Bertz CT molecular complexity index is 2550. The van der Waals surface area contributed by atoms with Crippen LogP contribution in [-0.2, 0) is 24.5 Å². The SMILES string of the molecule is COC(=O)NC(C(=O)N1CCC[C@H]1c1nc2cc([C@@H]3CC[C@@H](c4ccc5c(c4)NC([C@@H]4CCCN4C(=O)C(NC(=O)OC)=C(C)C)N5)N3c3ccc(C(C)(C)C)cc3)ccc2[nH]1)=C(C)C. The van der Waals surface area contributed by atoms with Crippen LogP contribution in [0.2, 0.25) is 0 Å². The summed E-state index contributed by atoms with van der Waals surface area (Å²) in [5.41, 5.74) is 10.4. The molecule has 0 radical (unpaired) electrons. The summed E-state index contributed by atoms with van der Waals surface area (Å²) in [7, 11) is 2.57. The number of ether oxygens (including phenoxy) is 2. The molecule has 5 atom stereocenters. The molecule has 0 spiro atoms. The Labute approximate surface area is 381 Å². The number of amides is 4. The quantitative estimate of drug-likeness (QED) is 0.102. The summed E-state index contributed by atoms with van der Waals surface area (Å²) in [5.74, 6) is 0.257. The van der Waals surface area contributed by atoms with Crippen molar-refractivity contribution in [2.45, 2.75) is 123 Å². The van der Waals surface area contributed by atoms with E-state index in [1.807, 2.05) is 18.7 Å². The number of carbonyl (C=O) groups excluding carboxylic acids is 4. The Morgan fingerprint density at radius 2 is 1.25 bits per heavy atom. The normalized spacial score (nSPS) is 21.4. The molecular weight excluding hydrogens is 823 g/mol. The molecule has 15 nitrogen and oxygen atoms in total. The molecule has 5 heterocycles. The van der Waals surface area contributed by atoms with Crippen LogP contribution in [0, 0.1) is 0 Å². The number of fused-ring (bicyclic) bond motifs is 2. The summed E-state index contributed by atoms with van der Waals surface area (Å²) in [6, 6.07) is 21.9. The monoisotopic (exact) mass is 885 g/mol. The highest BCUT2D eigenvalue weighted by atomic mass is 16.5. The number of anilines is 3. The highest BCUT2D eigenvalue weighted by molar-refractivity contribution is 5.98. The van der Waals surface area contributed by atoms with E-state index in [9.17, 15) is 19.2 Å². The molecule has 1 unspecified atom stereocenters. The number of aromatic nitrogens is 2. The van der Waals surface area contributed by atoms with Gasteiger partial charge in [-0.15, -0.1) is 0 Å². The molecule has 1 aromatic heterocycles. The summed E-state index contributed by atoms with van der Waals surface area (Å²) >= 11 is 0. The van der Waals surface area contributed by atoms with Gasteiger partial charge >= 0.3 is 12.2 Å². The summed E-state index contributed by atoms with van der Waals surface area (Å²) in [5, 5.41) is 12.7. The average Bonchev–Trinajstić information content (AvgIpc) is 4.14. The van der Waals surface area contributed by atoms with E-state index >= 15 is 0 Å². The summed E-state index contributed by atoms with van der Waals surface area (Å²) in [6.07, 6.45) is 3.55. The number of nitrogens with zero attached hydrogens (tertiary/aromatic N) is 4. The Hall–Kier alpha value is -6.51. The van der Waals surface area contributed by atoms with Crippen LogP contribution in [0.4, 0.5) is 26.7 Å². The zero-order valence-corrected chi connectivity index (χ0v) is 39.1. The Morgan fingerprint density at radius 3 is 1.86 bits per heavy atom. The van der Waals surface area contributed by atoms with E-state index < -0.39 is 12.2 Å². The molecule has 4 aliphatic rings. The molecule has 0 aliphatic carbocycles. The minimum atomic E-state index is -0.680. The molecule has 65 heavy (non-hydrogen) atoms. The van der Waals surface area contributed by atoms with Crippen molar-refractivity contribution in [3.05, 3.63) is 106 Å². The predicted molar refractivity (Wildman–Crippen MR) is 252 cm³/mol. The number of hydrogen-bond acceptors (Lipinski definition) is 10. The Morgan fingerprint density at radius 1 is 0.677 bits per heavy atom. The van der Waals surface area contributed by atoms with Gasteiger partial charge in [-0.2, -0.15) is 0 Å². The molecule has 3 saturated heterocycles. The van der Waals surface area contributed by atoms with Crippen molar-refractivity contribution in [2.75, 3.05) is 42.8 Å². The molecule has 0 saturated carbocycles. The average molecular weight is 886 g/mol. The third-order valence-electron chi connectivity index (χ3n) is 13.4. The summed E-state index contributed by atoms with van der Waals surface area (Å²) in [4.78, 5) is 66.8. The van der Waals surface area contributed by atoms with Gasteiger partial charge in [0.05, 0.1) is 60.8 Å². The van der Waals surface area contributed by atoms with E-state index in [1.165, 1.54) is 25.3 Å². The highest BCUT2D eigenvalue weighted by Crippen LogP contribution is 2.49. The van der Waals surface area contributed by atoms with Gasteiger partial charge in [0.25, 0.3) is 11.8 Å². The third kappa shape index (κ3) is 8.97. The molecule has 4 amide bonds. The number of hydrogen-bond donors (Lipinski definition) is 5. The summed E-state index contributed by atoms with van der Waals surface area (Å²) in [6.45, 7) is 15.1. The van der Waals surface area contributed by atoms with Crippen LogP contribution in [0.1, 0.15) is 128 Å². The lowest BCUT2D eigenvalue weighted by atomic mass is 9.87. The van der Waals surface area contributed by atoms with Gasteiger partial charge < -0.3 is 39.8 Å². The molecule has 5 N–H and O–H groups in total. The predicted octanol–water partition coefficient (Wildman–Crippen LogP) is 9.06. The van der Waals surface area contributed by atoms with Crippen molar-refractivity contribution < 1.29 is 28.7 Å². The van der Waals surface area contributed by atoms with Crippen molar-refractivity contribution in [3.8, 4) is 0 Å². The third-order valence-corrected chi connectivity index (χ3v) is 13.4. The number of likely N-dealkylation sites (tertiary alicyclic amines) is 2. The molecule has 344 valence electrons. The van der Waals surface area contributed by atoms with Crippen LogP contribution < -0.4 is 26.2 Å². The van der Waals surface area contributed by atoms with Crippen molar-refractivity contribution in [2.24, 2.45) is 0 Å². The minimum absolute atomic E-state index is 0.00935. The first-order valence-corrected chi connectivity index (χ1v) is 22.8. The lowest BCUT2D eigenvalue weighted by Gasteiger charge is -2.34. The van der Waals surface area contributed by atoms with E-state index in [-0.39, 0.29) is 59.0 Å². The first kappa shape index (κ1) is 45.1. The number of carbonyl (C=O) groups is 4. The number of methoxy groups -OCH3 is 2. The van der Waals surface area contributed by atoms with Gasteiger partial charge in [-0.25, -0.2) is 14.6 Å². The molecule has 0 bridgehead atoms. The van der Waals surface area contributed by atoms with Crippen molar-refractivity contribution in [3.63, 3.8) is 0 Å². The van der Waals surface area contributed by atoms with Gasteiger partial charge in [0, 0.05) is 18.8 Å². The number of rotatable bonds is 9. The van der Waals surface area contributed by atoms with Crippen molar-refractivity contribution >= 4 is 52.1 Å². The van der Waals surface area contributed by atoms with Crippen LogP contribution in [0.15, 0.2) is 83.2 Å². The number of alkyl carbamates (subject to hydrolysis) is 2. The van der Waals surface area contributed by atoms with E-state index in [1.54, 1.807) is 18.7 Å². The van der Waals surface area contributed by atoms with Gasteiger partial charge in [0.1, 0.15) is 23.4 Å². The number of nitrogens with one attached hydrogen (secondary N) is 5. The summed E-state index contributed by atoms with van der Waals surface area (Å²) < 4.78 is 9.61. The number of allylic oxidation sites excluding steroid dienone is 2. The molecule has 15 heteroatoms. The van der Waals surface area contributed by atoms with Crippen LogP contribution >= 0.6 is 0 Å². The maximum atomic E-state index is 13.9. The molecule has 3 fully saturated rings. The van der Waals surface area contributed by atoms with Crippen molar-refractivity contribution in [1.29, 1.82) is 0 Å². The fourth-order valence-corrected chi connectivity index (χ4v) is 10.0. The number of aromatic amines is 1. The Kier molecular flexibility index (Phi) is 12.6. The second kappa shape index (κ2) is 18.2. The van der Waals surface area contributed by atoms with Crippen LogP contribution in [0.5, 0.6) is 0 Å². The lowest BCUT2D eigenvalue weighted by Crippen LogP contribution is -2.49. The largest absolute Gasteiger partial charge is 0.453 e. The number of benzene rings is 3. The second-order valence-corrected chi connectivity index (χ2v) is 19.1. The maximum Gasteiger partial charge on any atom is 0.411 e. The fourth-order valence-electron chi connectivity index (χ4n) is 10.0. The van der Waals surface area contributed by atoms with Crippen LogP contribution in [-0.4, -0.2) is 83.3 Å². The fraction of sp³-hybridized carbons (Fsp3) is 0.460. The van der Waals surface area contributed by atoms with Gasteiger partial charge in [0.15, 0.2) is 0 Å². The van der Waals surface area contributed by atoms with Gasteiger partial charge in [-0.05, 0) is 136 Å². The highest BCUT2D eigenvalue weighted by Gasteiger charge is 2.41. The zero-order chi connectivity index (χ0) is 46.3. The topological polar surface area (TPSA) is 173 Å². The number of imidazole rings is 1. The maximum absolute atomic E-state index is 13.9. The second-order valence-electron chi connectivity index (χ2n) is 19.1. The van der Waals surface area contributed by atoms with E-state index in [4.69, 9.17) is 14.5 Å². The van der Waals surface area contributed by atoms with E-state index in [0.717, 1.165) is 78.0 Å². The van der Waals surface area contributed by atoms with E-state index in [2.05, 4.69) is 113 Å². The Balaban J connectivity index is 1.06.